The summed E-state index contributed by atoms with van der Waals surface area (Å²) in [4.78, 5) is 8.53. The Bertz CT molecular complexity index is 785. The van der Waals surface area contributed by atoms with Gasteiger partial charge in [0.25, 0.3) is 0 Å². The number of pyridine rings is 2. The number of nitrogens with two attached hydrogens (primary N) is 2. The van der Waals surface area contributed by atoms with Gasteiger partial charge in [-0.15, -0.1) is 0 Å². The third-order valence-corrected chi connectivity index (χ3v) is 3.58. The molecule has 0 fully saturated rings. The molecule has 0 spiro atoms. The number of hydrogen-bond donors (Lipinski definition) is 3. The molecule has 3 aromatic rings. The van der Waals surface area contributed by atoms with Crippen molar-refractivity contribution < 1.29 is 0 Å². The maximum atomic E-state index is 6.02. The molecule has 5 N–H and O–H groups in total. The number of benzene rings is 1. The molecule has 0 radical (unpaired) electrons. The second-order valence-corrected chi connectivity index (χ2v) is 5.08. The maximum Gasteiger partial charge on any atom is 0.128 e. The highest BCUT2D eigenvalue weighted by Crippen LogP contribution is 2.30. The van der Waals surface area contributed by atoms with E-state index in [1.165, 1.54) is 6.20 Å². The monoisotopic (exact) mass is 299 g/mol. The van der Waals surface area contributed by atoms with Crippen LogP contribution in [-0.2, 0) is 0 Å². The van der Waals surface area contributed by atoms with E-state index in [2.05, 4.69) is 15.4 Å². The van der Waals surface area contributed by atoms with Crippen LogP contribution in [0.3, 0.4) is 0 Å². The minimum absolute atomic E-state index is 0.372. The average molecular weight is 300 g/mol. The van der Waals surface area contributed by atoms with Crippen molar-refractivity contribution in [3.8, 4) is 0 Å². The van der Waals surface area contributed by atoms with Gasteiger partial charge in [-0.3, -0.25) is 10.8 Å². The summed E-state index contributed by atoms with van der Waals surface area (Å²) in [5.41, 5.74) is 10.2. The predicted molar refractivity (Wildman–Crippen MR) is 84.6 cm³/mol. The Morgan fingerprint density at radius 1 is 1.14 bits per heavy atom. The first-order valence-corrected chi connectivity index (χ1v) is 6.79. The third-order valence-electron chi connectivity index (χ3n) is 3.37. The smallest absolute Gasteiger partial charge is 0.128 e. The number of nitrogens with zero attached hydrogens (tertiary/aromatic N) is 2. The van der Waals surface area contributed by atoms with Gasteiger partial charge in [0.05, 0.1) is 16.8 Å². The Balaban J connectivity index is 2.21. The number of aromatic nitrogens is 2. The summed E-state index contributed by atoms with van der Waals surface area (Å²) < 4.78 is 0. The number of hydrazine groups is 1. The van der Waals surface area contributed by atoms with Gasteiger partial charge in [-0.2, -0.15) is 0 Å². The second-order valence-electron chi connectivity index (χ2n) is 4.65. The van der Waals surface area contributed by atoms with Crippen LogP contribution in [0.25, 0.3) is 10.8 Å². The van der Waals surface area contributed by atoms with Crippen molar-refractivity contribution >= 4 is 28.2 Å². The van der Waals surface area contributed by atoms with Gasteiger partial charge in [-0.1, -0.05) is 35.9 Å². The molecule has 0 aliphatic carbocycles. The van der Waals surface area contributed by atoms with E-state index in [-0.39, 0.29) is 6.04 Å². The van der Waals surface area contributed by atoms with Gasteiger partial charge in [0.2, 0.25) is 0 Å². The van der Waals surface area contributed by atoms with Gasteiger partial charge in [-0.05, 0) is 17.5 Å². The summed E-state index contributed by atoms with van der Waals surface area (Å²) in [6.07, 6.45) is 3.25. The fourth-order valence-electron chi connectivity index (χ4n) is 2.39. The van der Waals surface area contributed by atoms with Crippen molar-refractivity contribution in [1.82, 2.24) is 15.4 Å². The highest BCUT2D eigenvalue weighted by molar-refractivity contribution is 6.30. The van der Waals surface area contributed by atoms with Crippen molar-refractivity contribution in [2.45, 2.75) is 6.04 Å². The van der Waals surface area contributed by atoms with E-state index in [0.29, 0.717) is 16.4 Å². The Kier molecular flexibility index (Phi) is 3.70. The average Bonchev–Trinajstić information content (AvgIpc) is 2.51. The van der Waals surface area contributed by atoms with Crippen LogP contribution >= 0.6 is 11.6 Å². The van der Waals surface area contributed by atoms with Crippen LogP contribution in [0.5, 0.6) is 0 Å². The summed E-state index contributed by atoms with van der Waals surface area (Å²) in [6.45, 7) is 0. The molecule has 6 heteroatoms. The lowest BCUT2D eigenvalue weighted by Crippen LogP contribution is -2.30. The standard InChI is InChI=1S/C15H14ClN5/c16-10-7-12(15(17)20-8-10)14(21-18)13-11-4-2-1-3-9(11)5-6-19-13/h1-8,14,21H,18H2,(H2,17,20). The van der Waals surface area contributed by atoms with Crippen LogP contribution < -0.4 is 17.0 Å². The summed E-state index contributed by atoms with van der Waals surface area (Å²) in [5, 5.41) is 2.58. The molecule has 0 saturated carbocycles. The van der Waals surface area contributed by atoms with Crippen molar-refractivity contribution in [2.24, 2.45) is 5.84 Å². The Morgan fingerprint density at radius 3 is 2.76 bits per heavy atom. The molecule has 2 heterocycles. The van der Waals surface area contributed by atoms with Gasteiger partial charge >= 0.3 is 0 Å². The largest absolute Gasteiger partial charge is 0.383 e. The molecule has 2 aromatic heterocycles. The number of fused-ring (bicyclic) bond motifs is 1. The summed E-state index contributed by atoms with van der Waals surface area (Å²) >= 11 is 6.02. The van der Waals surface area contributed by atoms with Crippen LogP contribution in [0.15, 0.2) is 48.8 Å². The second kappa shape index (κ2) is 5.65. The van der Waals surface area contributed by atoms with Crippen LogP contribution in [0.2, 0.25) is 5.02 Å². The molecule has 0 aliphatic rings. The quantitative estimate of drug-likeness (QED) is 0.510. The van der Waals surface area contributed by atoms with Gasteiger partial charge in [-0.25, -0.2) is 10.4 Å². The first kappa shape index (κ1) is 13.8. The lowest BCUT2D eigenvalue weighted by atomic mass is 9.99. The molecule has 106 valence electrons. The first-order valence-electron chi connectivity index (χ1n) is 6.41. The molecule has 5 nitrogen and oxygen atoms in total. The molecule has 0 amide bonds. The van der Waals surface area contributed by atoms with Crippen molar-refractivity contribution in [2.75, 3.05) is 5.73 Å². The van der Waals surface area contributed by atoms with E-state index in [1.54, 1.807) is 12.3 Å². The van der Waals surface area contributed by atoms with Crippen molar-refractivity contribution in [3.05, 3.63) is 65.1 Å². The van der Waals surface area contributed by atoms with Gasteiger partial charge in [0.15, 0.2) is 0 Å². The van der Waals surface area contributed by atoms with Gasteiger partial charge in [0.1, 0.15) is 5.82 Å². The van der Waals surface area contributed by atoms with Crippen LogP contribution in [0.1, 0.15) is 17.3 Å². The molecule has 21 heavy (non-hydrogen) atoms. The van der Waals surface area contributed by atoms with E-state index in [4.69, 9.17) is 23.2 Å². The molecule has 0 aliphatic heterocycles. The summed E-state index contributed by atoms with van der Waals surface area (Å²) in [7, 11) is 0. The Hall–Kier alpha value is -2.21. The highest BCUT2D eigenvalue weighted by Gasteiger charge is 2.20. The van der Waals surface area contributed by atoms with Crippen molar-refractivity contribution in [3.63, 3.8) is 0 Å². The zero-order chi connectivity index (χ0) is 14.8. The number of anilines is 1. The normalized spacial score (nSPS) is 12.5. The van der Waals surface area contributed by atoms with Crippen LogP contribution in [0, 0.1) is 0 Å². The van der Waals surface area contributed by atoms with E-state index in [1.807, 2.05) is 30.3 Å². The highest BCUT2D eigenvalue weighted by atomic mass is 35.5. The third kappa shape index (κ3) is 2.54. The van der Waals surface area contributed by atoms with E-state index in [9.17, 15) is 0 Å². The number of hydrogen-bond acceptors (Lipinski definition) is 5. The topological polar surface area (TPSA) is 89.8 Å². The fraction of sp³-hybridized carbons (Fsp3) is 0.0667. The van der Waals surface area contributed by atoms with E-state index < -0.39 is 0 Å². The molecular weight excluding hydrogens is 286 g/mol. The molecule has 0 bridgehead atoms. The SMILES string of the molecule is NNC(c1cc(Cl)cnc1N)c1nccc2ccccc12. The number of nitrogen functional groups attached to an aromatic ring is 1. The Morgan fingerprint density at radius 2 is 1.95 bits per heavy atom. The van der Waals surface area contributed by atoms with Gasteiger partial charge < -0.3 is 5.73 Å². The number of halogens is 1. The van der Waals surface area contributed by atoms with Crippen molar-refractivity contribution in [1.29, 1.82) is 0 Å². The molecule has 1 atom stereocenters. The molecule has 0 saturated heterocycles. The molecule has 1 unspecified atom stereocenters. The zero-order valence-corrected chi connectivity index (χ0v) is 11.9. The van der Waals surface area contributed by atoms with Crippen LogP contribution in [0.4, 0.5) is 5.82 Å². The van der Waals surface area contributed by atoms with E-state index >= 15 is 0 Å². The maximum absolute atomic E-state index is 6.02. The summed E-state index contributed by atoms with van der Waals surface area (Å²) in [5.74, 6) is 6.10. The van der Waals surface area contributed by atoms with Gasteiger partial charge in [0, 0.05) is 23.3 Å². The minimum atomic E-state index is -0.387. The predicted octanol–water partition coefficient (Wildman–Crippen LogP) is 2.42. The number of rotatable bonds is 3. The van der Waals surface area contributed by atoms with Crippen LogP contribution in [-0.4, -0.2) is 9.97 Å². The summed E-state index contributed by atoms with van der Waals surface area (Å²) in [6, 6.07) is 11.3. The molecular formula is C15H14ClN5. The minimum Gasteiger partial charge on any atom is -0.383 e. The van der Waals surface area contributed by atoms with E-state index in [0.717, 1.165) is 16.5 Å². The number of nitrogens with one attached hydrogen (secondary N) is 1. The molecule has 1 aromatic carbocycles. The fourth-order valence-corrected chi connectivity index (χ4v) is 2.55. The zero-order valence-electron chi connectivity index (χ0n) is 11.1. The first-order chi connectivity index (χ1) is 10.2. The lowest BCUT2D eigenvalue weighted by molar-refractivity contribution is 0.625. The Labute approximate surface area is 126 Å². The molecule has 3 rings (SSSR count). The lowest BCUT2D eigenvalue weighted by Gasteiger charge is -2.19.